The molecule has 0 aromatic heterocycles. The summed E-state index contributed by atoms with van der Waals surface area (Å²) in [5.74, 6) is -1.56. The van der Waals surface area contributed by atoms with E-state index in [-0.39, 0.29) is 42.7 Å². The molecule has 0 amide bonds. The summed E-state index contributed by atoms with van der Waals surface area (Å²) in [7, 11) is 5.50. The van der Waals surface area contributed by atoms with Crippen molar-refractivity contribution in [3.63, 3.8) is 0 Å². The number of carbonyl (C=O) groups is 3. The van der Waals surface area contributed by atoms with Crippen molar-refractivity contribution >= 4 is 17.9 Å². The number of likely N-dealkylation sites (N-methyl/N-ethyl adjacent to an activating group) is 1. The van der Waals surface area contributed by atoms with Crippen molar-refractivity contribution in [1.82, 2.24) is 0 Å². The highest BCUT2D eigenvalue weighted by atomic mass is 16.6. The third-order valence-electron chi connectivity index (χ3n) is 9.78. The number of esters is 2. The molecular weight excluding hydrogens is 739 g/mol. The van der Waals surface area contributed by atoms with Gasteiger partial charge >= 0.3 is 17.9 Å². The number of allylic oxidation sites excluding steroid dienone is 14. The molecule has 0 aliphatic heterocycles. The van der Waals surface area contributed by atoms with E-state index in [1.165, 1.54) is 64.2 Å². The minimum Gasteiger partial charge on any atom is -0.477 e. The Morgan fingerprint density at radius 3 is 1.47 bits per heavy atom. The molecule has 0 fully saturated rings. The second-order valence-corrected chi connectivity index (χ2v) is 16.3. The fourth-order valence-corrected chi connectivity index (χ4v) is 6.21. The normalized spacial score (nSPS) is 13.7. The van der Waals surface area contributed by atoms with Crippen LogP contribution in [0.5, 0.6) is 0 Å². The van der Waals surface area contributed by atoms with Crippen molar-refractivity contribution in [2.45, 2.75) is 180 Å². The standard InChI is InChI=1S/C51H85NO7/c1-6-8-10-12-14-16-18-20-22-23-24-25-26-28-30-32-34-36-38-40-42-50(54)59-47(45-57-44-43-48(51(55)56)52(3,4)5)46-58-49(53)41-39-37-35-33-31-29-27-21-19-17-15-13-11-9-7-2/h8,10,14,16-17,19-20,22,24-25,28,30,34,36,47-48H,6-7,9,11-13,15,18,21,23,26-27,29,31-33,35,37-46H2,1-5H3/p+1/b10-8+,16-14+,19-17+,22-20+,25-24+,30-28+,36-34+. The van der Waals surface area contributed by atoms with Gasteiger partial charge in [-0.2, -0.15) is 0 Å². The predicted octanol–water partition coefficient (Wildman–Crippen LogP) is 12.9. The van der Waals surface area contributed by atoms with Gasteiger partial charge in [-0.1, -0.05) is 150 Å². The molecule has 2 atom stereocenters. The van der Waals surface area contributed by atoms with Gasteiger partial charge in [0.1, 0.15) is 6.61 Å². The number of ether oxygens (including phenoxy) is 3. The lowest BCUT2D eigenvalue weighted by Gasteiger charge is -2.31. The van der Waals surface area contributed by atoms with Crippen LogP contribution in [0.1, 0.15) is 168 Å². The molecule has 0 saturated heterocycles. The fraction of sp³-hybridized carbons (Fsp3) is 0.667. The number of unbranched alkanes of at least 4 members (excludes halogenated alkanes) is 12. The van der Waals surface area contributed by atoms with Crippen molar-refractivity contribution in [3.05, 3.63) is 85.1 Å². The second kappa shape index (κ2) is 41.3. The lowest BCUT2D eigenvalue weighted by Crippen LogP contribution is -2.50. The van der Waals surface area contributed by atoms with Crippen molar-refractivity contribution in [2.75, 3.05) is 41.0 Å². The molecule has 336 valence electrons. The highest BCUT2D eigenvalue weighted by Crippen LogP contribution is 2.13. The number of aliphatic carboxylic acids is 1. The Labute approximate surface area is 361 Å². The van der Waals surface area contributed by atoms with Gasteiger partial charge < -0.3 is 23.8 Å². The van der Waals surface area contributed by atoms with Crippen LogP contribution in [0.4, 0.5) is 0 Å². The Morgan fingerprint density at radius 2 is 0.966 bits per heavy atom. The van der Waals surface area contributed by atoms with E-state index in [4.69, 9.17) is 14.2 Å². The number of carboxylic acid groups (broad SMARTS) is 1. The summed E-state index contributed by atoms with van der Waals surface area (Å²) in [5, 5.41) is 9.63. The average Bonchev–Trinajstić information content (AvgIpc) is 3.19. The zero-order chi connectivity index (χ0) is 43.5. The molecule has 8 nitrogen and oxygen atoms in total. The van der Waals surface area contributed by atoms with Crippen LogP contribution in [0.3, 0.4) is 0 Å². The Morgan fingerprint density at radius 1 is 0.525 bits per heavy atom. The Hall–Kier alpha value is -3.49. The number of carbonyl (C=O) groups excluding carboxylic acids is 2. The van der Waals surface area contributed by atoms with E-state index in [1.54, 1.807) is 0 Å². The molecule has 2 unspecified atom stereocenters. The first-order valence-corrected chi connectivity index (χ1v) is 23.1. The smallest absolute Gasteiger partial charge is 0.362 e. The van der Waals surface area contributed by atoms with Crippen LogP contribution in [-0.4, -0.2) is 80.6 Å². The molecule has 0 bridgehead atoms. The average molecular weight is 825 g/mol. The van der Waals surface area contributed by atoms with Gasteiger partial charge in [-0.25, -0.2) is 4.79 Å². The van der Waals surface area contributed by atoms with Gasteiger partial charge in [0.15, 0.2) is 12.1 Å². The summed E-state index contributed by atoms with van der Waals surface area (Å²) in [5.41, 5.74) is 0. The van der Waals surface area contributed by atoms with E-state index >= 15 is 0 Å². The summed E-state index contributed by atoms with van der Waals surface area (Å²) in [4.78, 5) is 37.0. The highest BCUT2D eigenvalue weighted by Gasteiger charge is 2.31. The number of quaternary nitrogens is 1. The molecule has 0 aliphatic carbocycles. The monoisotopic (exact) mass is 825 g/mol. The van der Waals surface area contributed by atoms with Gasteiger partial charge in [-0.3, -0.25) is 9.59 Å². The summed E-state index contributed by atoms with van der Waals surface area (Å²) < 4.78 is 17.2. The van der Waals surface area contributed by atoms with E-state index < -0.39 is 18.1 Å². The van der Waals surface area contributed by atoms with E-state index in [2.05, 4.69) is 98.9 Å². The maximum Gasteiger partial charge on any atom is 0.362 e. The molecule has 1 N–H and O–H groups in total. The van der Waals surface area contributed by atoms with Crippen LogP contribution in [-0.2, 0) is 28.6 Å². The van der Waals surface area contributed by atoms with E-state index in [0.29, 0.717) is 19.3 Å². The molecule has 0 radical (unpaired) electrons. The highest BCUT2D eigenvalue weighted by molar-refractivity contribution is 5.72. The van der Waals surface area contributed by atoms with Gasteiger partial charge in [0.05, 0.1) is 34.4 Å². The molecular formula is C51H86NO7+. The largest absolute Gasteiger partial charge is 0.477 e. The number of hydrogen-bond acceptors (Lipinski definition) is 6. The Kier molecular flexibility index (Phi) is 38.8. The van der Waals surface area contributed by atoms with Crippen LogP contribution in [0.2, 0.25) is 0 Å². The van der Waals surface area contributed by atoms with Crippen LogP contribution in [0, 0.1) is 0 Å². The third-order valence-corrected chi connectivity index (χ3v) is 9.78. The third kappa shape index (κ3) is 39.7. The van der Waals surface area contributed by atoms with E-state index in [9.17, 15) is 19.5 Å². The van der Waals surface area contributed by atoms with Crippen LogP contribution < -0.4 is 0 Å². The maximum atomic E-state index is 12.7. The van der Waals surface area contributed by atoms with Crippen molar-refractivity contribution in [3.8, 4) is 0 Å². The zero-order valence-corrected chi connectivity index (χ0v) is 38.2. The molecule has 0 saturated carbocycles. The van der Waals surface area contributed by atoms with Crippen LogP contribution in [0.15, 0.2) is 85.1 Å². The second-order valence-electron chi connectivity index (χ2n) is 16.3. The minimum absolute atomic E-state index is 0.0321. The van der Waals surface area contributed by atoms with Gasteiger partial charge in [0.2, 0.25) is 0 Å². The fourth-order valence-electron chi connectivity index (χ4n) is 6.21. The molecule has 8 heteroatoms. The summed E-state index contributed by atoms with van der Waals surface area (Å²) in [6.07, 6.45) is 53.5. The van der Waals surface area contributed by atoms with Gasteiger partial charge in [-0.05, 0) is 83.5 Å². The molecule has 0 heterocycles. The van der Waals surface area contributed by atoms with Crippen molar-refractivity contribution < 1.29 is 38.2 Å². The lowest BCUT2D eigenvalue weighted by atomic mass is 10.1. The number of nitrogens with zero attached hydrogens (tertiary/aromatic N) is 1. The zero-order valence-electron chi connectivity index (χ0n) is 38.2. The number of carboxylic acids is 1. The van der Waals surface area contributed by atoms with E-state index in [0.717, 1.165) is 64.2 Å². The molecule has 0 aliphatic rings. The van der Waals surface area contributed by atoms with Crippen molar-refractivity contribution in [1.29, 1.82) is 0 Å². The molecule has 0 aromatic carbocycles. The Bertz CT molecular complexity index is 1240. The molecule has 0 rings (SSSR count). The first kappa shape index (κ1) is 55.5. The van der Waals surface area contributed by atoms with Crippen molar-refractivity contribution in [2.24, 2.45) is 0 Å². The van der Waals surface area contributed by atoms with Gasteiger partial charge in [0, 0.05) is 19.3 Å². The number of rotatable bonds is 40. The SMILES string of the molecule is CC/C=C/C/C=C/C/C=C/C/C=C/C/C=C/C/C=C/CCCC(=O)OC(COCCC(C(=O)O)[N+](C)(C)C)COC(=O)CCCCCCCCC/C=C/CCCCCC. The quantitative estimate of drug-likeness (QED) is 0.0284. The molecule has 0 spiro atoms. The van der Waals surface area contributed by atoms with Gasteiger partial charge in [0.25, 0.3) is 0 Å². The van der Waals surface area contributed by atoms with E-state index in [1.807, 2.05) is 21.1 Å². The topological polar surface area (TPSA) is 99.1 Å². The first-order chi connectivity index (χ1) is 28.6. The maximum absolute atomic E-state index is 12.7. The molecule has 0 aromatic rings. The Balaban J connectivity index is 4.45. The first-order valence-electron chi connectivity index (χ1n) is 23.1. The molecule has 59 heavy (non-hydrogen) atoms. The predicted molar refractivity (Wildman–Crippen MR) is 247 cm³/mol. The number of hydrogen-bond donors (Lipinski definition) is 1. The summed E-state index contributed by atoms with van der Waals surface area (Å²) >= 11 is 0. The minimum atomic E-state index is -0.888. The van der Waals surface area contributed by atoms with Crippen LogP contribution >= 0.6 is 0 Å². The van der Waals surface area contributed by atoms with Crippen LogP contribution in [0.25, 0.3) is 0 Å². The summed E-state index contributed by atoms with van der Waals surface area (Å²) in [6, 6.07) is -0.630. The lowest BCUT2D eigenvalue weighted by molar-refractivity contribution is -0.887. The van der Waals surface area contributed by atoms with Gasteiger partial charge in [-0.15, -0.1) is 0 Å². The summed E-state index contributed by atoms with van der Waals surface area (Å²) in [6.45, 7) is 4.53.